The Labute approximate surface area is 346 Å². The number of ether oxygens (including phenoxy) is 1. The summed E-state index contributed by atoms with van der Waals surface area (Å²) in [6.07, 6.45) is 0. The first kappa shape index (κ1) is 33.9. The highest BCUT2D eigenvalue weighted by Crippen LogP contribution is 2.45. The Hall–Kier alpha value is -7.19. The van der Waals surface area contributed by atoms with Gasteiger partial charge < -0.3 is 14.1 Å². The molecule has 3 heterocycles. The molecule has 0 bridgehead atoms. The van der Waals surface area contributed by atoms with Crippen molar-refractivity contribution in [3.8, 4) is 33.8 Å². The first-order valence-corrected chi connectivity index (χ1v) is 23.1. The summed E-state index contributed by atoms with van der Waals surface area (Å²) in [6.45, 7) is 0. The molecule has 0 N–H and O–H groups in total. The van der Waals surface area contributed by atoms with Gasteiger partial charge in [0.15, 0.2) is 13.8 Å². The van der Waals surface area contributed by atoms with Gasteiger partial charge in [0.1, 0.15) is 26.4 Å². The van der Waals surface area contributed by atoms with Gasteiger partial charge in [-0.05, 0) is 85.5 Å². The zero-order chi connectivity index (χ0) is 38.9. The Balaban J connectivity index is 1.10. The lowest BCUT2D eigenvalue weighted by molar-refractivity contribution is 0.488. The lowest BCUT2D eigenvalue weighted by atomic mass is 9.94. The van der Waals surface area contributed by atoms with Crippen LogP contribution in [-0.4, -0.2) is 17.6 Å². The van der Waals surface area contributed by atoms with E-state index in [2.05, 4.69) is 205 Å². The smallest absolute Gasteiger partial charge is 0.188 e. The Morgan fingerprint density at radius 3 is 1.75 bits per heavy atom. The molecule has 1 spiro atoms. The molecule has 0 fully saturated rings. The second kappa shape index (κ2) is 13.5. The fourth-order valence-electron chi connectivity index (χ4n) is 9.61. The fraction of sp³-hybridized carbons (Fsp3) is 0. The van der Waals surface area contributed by atoms with E-state index >= 15 is 0 Å². The van der Waals surface area contributed by atoms with Crippen molar-refractivity contribution in [3.05, 3.63) is 212 Å². The second-order valence-corrected chi connectivity index (χ2v) is 20.3. The molecule has 276 valence electrons. The minimum absolute atomic E-state index is 0.599. The largest absolute Gasteiger partial charge is 0.456 e. The van der Waals surface area contributed by atoms with Crippen molar-refractivity contribution in [3.63, 3.8) is 0 Å². The van der Waals surface area contributed by atoms with Gasteiger partial charge in [0.2, 0.25) is 0 Å². The predicted molar refractivity (Wildman–Crippen MR) is 248 cm³/mol. The van der Waals surface area contributed by atoms with Gasteiger partial charge >= 0.3 is 0 Å². The fourth-order valence-corrected chi connectivity index (χ4v) is 17.3. The predicted octanol–water partition coefficient (Wildman–Crippen LogP) is 9.84. The Bertz CT molecular complexity index is 3180. The molecule has 3 nitrogen and oxygen atoms in total. The lowest BCUT2D eigenvalue weighted by Crippen LogP contribution is -2.84. The molecule has 0 saturated heterocycles. The highest BCUT2D eigenvalue weighted by molar-refractivity contribution is 7.24. The topological polar surface area (TPSA) is 25.6 Å². The van der Waals surface area contributed by atoms with Crippen molar-refractivity contribution < 1.29 is 9.15 Å². The molecule has 59 heavy (non-hydrogen) atoms. The van der Waals surface area contributed by atoms with Gasteiger partial charge in [0.05, 0.1) is 11.4 Å². The lowest BCUT2D eigenvalue weighted by Gasteiger charge is -2.44. The Kier molecular flexibility index (Phi) is 7.73. The molecule has 0 aliphatic carbocycles. The van der Waals surface area contributed by atoms with Crippen LogP contribution in [-0.2, 0) is 0 Å². The second-order valence-electron chi connectivity index (χ2n) is 15.3. The summed E-state index contributed by atoms with van der Waals surface area (Å²) < 4.78 is 13.8. The molecular formula is C54H35NO2Si2. The van der Waals surface area contributed by atoms with E-state index in [1.165, 1.54) is 47.8 Å². The molecule has 0 saturated carbocycles. The third kappa shape index (κ3) is 5.18. The molecule has 0 unspecified atom stereocenters. The minimum Gasteiger partial charge on any atom is -0.456 e. The molecule has 2 radical (unpaired) electrons. The van der Waals surface area contributed by atoms with E-state index < -0.39 is 8.07 Å². The minimum atomic E-state index is -2.85. The summed E-state index contributed by atoms with van der Waals surface area (Å²) in [7, 11) is -2.25. The van der Waals surface area contributed by atoms with E-state index in [0.717, 1.165) is 56.1 Å². The van der Waals surface area contributed by atoms with E-state index in [4.69, 9.17) is 9.15 Å². The van der Waals surface area contributed by atoms with Gasteiger partial charge in [0, 0.05) is 22.5 Å². The third-order valence-electron chi connectivity index (χ3n) is 12.1. The maximum atomic E-state index is 7.26. The van der Waals surface area contributed by atoms with Gasteiger partial charge in [0.25, 0.3) is 0 Å². The summed E-state index contributed by atoms with van der Waals surface area (Å²) in [6, 6.07) is 77.0. The van der Waals surface area contributed by atoms with Crippen LogP contribution in [0.1, 0.15) is 0 Å². The van der Waals surface area contributed by atoms with E-state index in [0.29, 0.717) is 9.52 Å². The van der Waals surface area contributed by atoms with Gasteiger partial charge in [-0.3, -0.25) is 0 Å². The van der Waals surface area contributed by atoms with Crippen molar-refractivity contribution in [2.45, 2.75) is 0 Å². The van der Waals surface area contributed by atoms with Crippen LogP contribution in [0.2, 0.25) is 0 Å². The molecule has 9 aromatic carbocycles. The highest BCUT2D eigenvalue weighted by atomic mass is 28.3. The molecule has 0 amide bonds. The number of fused-ring (bicyclic) bond motifs is 11. The maximum Gasteiger partial charge on any atom is 0.188 e. The van der Waals surface area contributed by atoms with Crippen LogP contribution in [0.5, 0.6) is 11.5 Å². The Morgan fingerprint density at radius 2 is 0.983 bits per heavy atom. The molecule has 12 rings (SSSR count). The average Bonchev–Trinajstić information content (AvgIpc) is 3.68. The van der Waals surface area contributed by atoms with Gasteiger partial charge in [-0.25, -0.2) is 0 Å². The average molecular weight is 786 g/mol. The zero-order valence-electron chi connectivity index (χ0n) is 32.0. The molecule has 0 atom stereocenters. The van der Waals surface area contributed by atoms with E-state index in [1.54, 1.807) is 0 Å². The summed E-state index contributed by atoms with van der Waals surface area (Å²) in [5.74, 6) is 1.82. The van der Waals surface area contributed by atoms with Crippen LogP contribution >= 0.6 is 0 Å². The SMILES string of the molecule is c1ccc(-c2ccccc2-c2ccc(N(c3ccc4c(c3)oc3ccccc34)c3cccc4c3Oc3ccccc3[Si]43c4ccccc4[Si]c4ccccc43)cc2)cc1. The summed E-state index contributed by atoms with van der Waals surface area (Å²) >= 11 is 0. The van der Waals surface area contributed by atoms with Crippen LogP contribution in [0.15, 0.2) is 217 Å². The van der Waals surface area contributed by atoms with Crippen LogP contribution in [0.25, 0.3) is 44.2 Å². The first-order chi connectivity index (χ1) is 29.3. The third-order valence-corrected chi connectivity index (χ3v) is 19.0. The number of nitrogens with zero attached hydrogens (tertiary/aromatic N) is 1. The van der Waals surface area contributed by atoms with E-state index in [1.807, 2.05) is 12.1 Å². The molecule has 1 aromatic heterocycles. The molecular weight excluding hydrogens is 751 g/mol. The zero-order valence-corrected chi connectivity index (χ0v) is 34.0. The van der Waals surface area contributed by atoms with Crippen LogP contribution in [0, 0.1) is 0 Å². The van der Waals surface area contributed by atoms with Gasteiger partial charge in [-0.1, -0.05) is 174 Å². The summed E-state index contributed by atoms with van der Waals surface area (Å²) in [4.78, 5) is 2.36. The van der Waals surface area contributed by atoms with Crippen molar-refractivity contribution in [1.82, 2.24) is 0 Å². The molecule has 2 aliphatic rings. The van der Waals surface area contributed by atoms with Gasteiger partial charge in [-0.15, -0.1) is 0 Å². The quantitative estimate of drug-likeness (QED) is 0.163. The number of benzene rings is 9. The monoisotopic (exact) mass is 785 g/mol. The van der Waals surface area contributed by atoms with E-state index in [9.17, 15) is 0 Å². The number of furan rings is 1. The molecule has 5 heteroatoms. The van der Waals surface area contributed by atoms with Crippen LogP contribution in [0.4, 0.5) is 17.1 Å². The number of hydrogen-bond acceptors (Lipinski definition) is 3. The molecule has 10 aromatic rings. The Morgan fingerprint density at radius 1 is 0.407 bits per heavy atom. The van der Waals surface area contributed by atoms with Gasteiger partial charge in [-0.2, -0.15) is 0 Å². The summed E-state index contributed by atoms with van der Waals surface area (Å²) in [5.41, 5.74) is 9.50. The number of hydrogen-bond donors (Lipinski definition) is 0. The van der Waals surface area contributed by atoms with E-state index in [-0.39, 0.29) is 0 Å². The van der Waals surface area contributed by atoms with Crippen LogP contribution in [0.3, 0.4) is 0 Å². The number of anilines is 3. The van der Waals surface area contributed by atoms with Crippen LogP contribution < -0.4 is 40.8 Å². The number of para-hydroxylation sites is 3. The summed E-state index contributed by atoms with van der Waals surface area (Å²) in [5, 5.41) is 10.5. The first-order valence-electron chi connectivity index (χ1n) is 20.1. The molecule has 2 aliphatic heterocycles. The standard InChI is InChI=1S/C54H35NO2Si2/c1-2-15-36(16-3-1)40-17-4-5-18-41(40)37-29-31-38(32-30-37)55(39-33-34-43-42-19-6-7-21-45(42)56-47(43)35-39)44-20-14-28-53-54(44)57-46-22-8-11-25-50(46)59(53)51-26-12-9-23-48(51)58-49-24-10-13-27-52(49)59/h1-35H. The van der Waals surface area contributed by atoms with Crippen molar-refractivity contribution in [1.29, 1.82) is 0 Å². The maximum absolute atomic E-state index is 7.26. The normalized spacial score (nSPS) is 13.3. The number of rotatable bonds is 5. The highest BCUT2D eigenvalue weighted by Gasteiger charge is 2.52. The van der Waals surface area contributed by atoms with Crippen molar-refractivity contribution in [2.75, 3.05) is 4.90 Å². The van der Waals surface area contributed by atoms with Crippen molar-refractivity contribution >= 4 is 87.7 Å². The van der Waals surface area contributed by atoms with Crippen molar-refractivity contribution in [2.24, 2.45) is 0 Å².